The predicted octanol–water partition coefficient (Wildman–Crippen LogP) is 10.2. The first-order valence-corrected chi connectivity index (χ1v) is 19.8. The van der Waals surface area contributed by atoms with Gasteiger partial charge in [0.15, 0.2) is 12.1 Å². The number of carbonyl (C=O) groups is 3. The number of quaternary nitrogens is 1. The molecule has 0 heterocycles. The van der Waals surface area contributed by atoms with E-state index in [9.17, 15) is 19.5 Å². The summed E-state index contributed by atoms with van der Waals surface area (Å²) in [6, 6.07) is -0.620. The topological polar surface area (TPSA) is 99.1 Å². The summed E-state index contributed by atoms with van der Waals surface area (Å²) in [6.07, 6.45) is 39.9. The van der Waals surface area contributed by atoms with Crippen LogP contribution in [0.3, 0.4) is 0 Å². The van der Waals surface area contributed by atoms with Gasteiger partial charge in [-0.05, 0) is 57.8 Å². The highest BCUT2D eigenvalue weighted by atomic mass is 16.6. The lowest BCUT2D eigenvalue weighted by Gasteiger charge is -2.31. The van der Waals surface area contributed by atoms with Crippen LogP contribution < -0.4 is 0 Å². The average molecular weight is 717 g/mol. The Hall–Kier alpha value is -2.97. The van der Waals surface area contributed by atoms with Crippen molar-refractivity contribution < 1.29 is 38.2 Å². The molecule has 0 bridgehead atoms. The van der Waals surface area contributed by atoms with Crippen molar-refractivity contribution in [1.82, 2.24) is 0 Å². The van der Waals surface area contributed by atoms with Gasteiger partial charge in [-0.25, -0.2) is 4.79 Å². The van der Waals surface area contributed by atoms with Gasteiger partial charge >= 0.3 is 17.9 Å². The molecule has 0 aromatic rings. The second-order valence-corrected chi connectivity index (χ2v) is 14.2. The SMILES string of the molecule is CC/C=C/C/C=C/C/C=C/C/C=C/C/C=C/CCCCCC(=O)OC(COCCC(C(=O)O)[N+](C)(C)C)COC(=O)CCCCCCCCCC. The zero-order valence-corrected chi connectivity index (χ0v) is 33.0. The third-order valence-corrected chi connectivity index (χ3v) is 8.43. The number of rotatable bonds is 34. The Morgan fingerprint density at radius 1 is 0.608 bits per heavy atom. The summed E-state index contributed by atoms with van der Waals surface area (Å²) in [5.41, 5.74) is 0. The van der Waals surface area contributed by atoms with E-state index < -0.39 is 18.1 Å². The molecule has 2 atom stereocenters. The van der Waals surface area contributed by atoms with Crippen LogP contribution in [-0.2, 0) is 28.6 Å². The molecule has 0 radical (unpaired) electrons. The van der Waals surface area contributed by atoms with Crippen molar-refractivity contribution in [2.45, 2.75) is 154 Å². The molecule has 0 fully saturated rings. The second-order valence-electron chi connectivity index (χ2n) is 14.2. The number of carboxylic acid groups (broad SMARTS) is 1. The van der Waals surface area contributed by atoms with Crippen molar-refractivity contribution in [3.63, 3.8) is 0 Å². The van der Waals surface area contributed by atoms with Crippen molar-refractivity contribution in [1.29, 1.82) is 0 Å². The Kier molecular flexibility index (Phi) is 32.1. The Labute approximate surface area is 311 Å². The van der Waals surface area contributed by atoms with E-state index in [1.54, 1.807) is 0 Å². The lowest BCUT2D eigenvalue weighted by molar-refractivity contribution is -0.887. The number of nitrogens with zero attached hydrogens (tertiary/aromatic N) is 1. The summed E-state index contributed by atoms with van der Waals surface area (Å²) in [4.78, 5) is 36.7. The van der Waals surface area contributed by atoms with E-state index in [-0.39, 0.29) is 42.7 Å². The Balaban J connectivity index is 4.43. The smallest absolute Gasteiger partial charge is 0.362 e. The predicted molar refractivity (Wildman–Crippen MR) is 211 cm³/mol. The summed E-state index contributed by atoms with van der Waals surface area (Å²) in [5, 5.41) is 9.58. The number of unbranched alkanes of at least 4 members (excludes halogenated alkanes) is 10. The van der Waals surface area contributed by atoms with E-state index in [1.807, 2.05) is 21.1 Å². The maximum absolute atomic E-state index is 12.6. The molecule has 0 amide bonds. The molecule has 0 saturated heterocycles. The van der Waals surface area contributed by atoms with Gasteiger partial charge in [-0.2, -0.15) is 0 Å². The molecule has 51 heavy (non-hydrogen) atoms. The number of likely N-dealkylation sites (N-methyl/N-ethyl adjacent to an activating group) is 1. The van der Waals surface area contributed by atoms with Crippen molar-refractivity contribution in [3.8, 4) is 0 Å². The zero-order valence-electron chi connectivity index (χ0n) is 33.0. The molecule has 292 valence electrons. The van der Waals surface area contributed by atoms with Crippen LogP contribution in [0, 0.1) is 0 Å². The summed E-state index contributed by atoms with van der Waals surface area (Å²) in [5.74, 6) is -1.52. The Bertz CT molecular complexity index is 1020. The molecular formula is C43H74NO7+. The van der Waals surface area contributed by atoms with Crippen LogP contribution in [0.1, 0.15) is 142 Å². The number of carboxylic acids is 1. The monoisotopic (exact) mass is 717 g/mol. The summed E-state index contributed by atoms with van der Waals surface area (Å²) in [6.45, 7) is 4.53. The highest BCUT2D eigenvalue weighted by Crippen LogP contribution is 2.12. The van der Waals surface area contributed by atoms with Crippen LogP contribution in [-0.4, -0.2) is 80.6 Å². The van der Waals surface area contributed by atoms with Gasteiger partial charge in [-0.3, -0.25) is 9.59 Å². The van der Waals surface area contributed by atoms with Crippen LogP contribution in [0.25, 0.3) is 0 Å². The molecule has 8 heteroatoms. The van der Waals surface area contributed by atoms with E-state index in [4.69, 9.17) is 14.2 Å². The fraction of sp³-hybridized carbons (Fsp3) is 0.698. The van der Waals surface area contributed by atoms with Gasteiger partial charge in [-0.15, -0.1) is 0 Å². The van der Waals surface area contributed by atoms with Gasteiger partial charge in [0, 0.05) is 19.3 Å². The number of hydrogen-bond acceptors (Lipinski definition) is 6. The molecule has 0 rings (SSSR count). The fourth-order valence-electron chi connectivity index (χ4n) is 5.35. The standard InChI is InChI=1S/C43H73NO7/c1-6-8-10-12-14-16-17-18-19-20-21-22-23-24-25-26-28-30-32-34-42(46)51-39(37-49-36-35-40(43(47)48)44(3,4)5)38-50-41(45)33-31-29-27-15-13-11-9-7-2/h8,10,14,16,18-19,21-22,24-25,39-40H,6-7,9,11-13,15,17,20,23,26-38H2,1-5H3/p+1/b10-8+,16-14+,19-18+,22-21+,25-24+. The van der Waals surface area contributed by atoms with Crippen molar-refractivity contribution in [2.24, 2.45) is 0 Å². The van der Waals surface area contributed by atoms with Gasteiger partial charge in [0.1, 0.15) is 6.61 Å². The first-order chi connectivity index (χ1) is 24.6. The van der Waals surface area contributed by atoms with E-state index in [2.05, 4.69) is 74.6 Å². The van der Waals surface area contributed by atoms with Crippen molar-refractivity contribution in [2.75, 3.05) is 41.0 Å². The normalized spacial score (nSPS) is 13.7. The number of hydrogen-bond donors (Lipinski definition) is 1. The number of esters is 2. The first kappa shape index (κ1) is 48.0. The largest absolute Gasteiger partial charge is 0.477 e. The third kappa shape index (κ3) is 32.7. The quantitative estimate of drug-likeness (QED) is 0.0306. The average Bonchev–Trinajstić information content (AvgIpc) is 3.08. The van der Waals surface area contributed by atoms with E-state index in [0.29, 0.717) is 12.8 Å². The molecule has 0 aliphatic rings. The van der Waals surface area contributed by atoms with Crippen molar-refractivity contribution >= 4 is 17.9 Å². The van der Waals surface area contributed by atoms with Crippen LogP contribution in [0.4, 0.5) is 0 Å². The minimum Gasteiger partial charge on any atom is -0.477 e. The lowest BCUT2D eigenvalue weighted by atomic mass is 10.1. The molecule has 0 aromatic carbocycles. The van der Waals surface area contributed by atoms with E-state index in [0.717, 1.165) is 77.0 Å². The van der Waals surface area contributed by atoms with Gasteiger partial charge in [-0.1, -0.05) is 126 Å². The number of aliphatic carboxylic acids is 1. The van der Waals surface area contributed by atoms with Crippen LogP contribution in [0.2, 0.25) is 0 Å². The second kappa shape index (κ2) is 34.1. The lowest BCUT2D eigenvalue weighted by Crippen LogP contribution is -2.50. The van der Waals surface area contributed by atoms with Crippen LogP contribution >= 0.6 is 0 Å². The molecule has 0 saturated carbocycles. The molecule has 2 unspecified atom stereocenters. The number of carbonyl (C=O) groups excluding carboxylic acids is 2. The Morgan fingerprint density at radius 2 is 1.10 bits per heavy atom. The highest BCUT2D eigenvalue weighted by Gasteiger charge is 2.31. The van der Waals surface area contributed by atoms with Gasteiger partial charge in [0.2, 0.25) is 0 Å². The summed E-state index contributed by atoms with van der Waals surface area (Å²) < 4.78 is 17.1. The van der Waals surface area contributed by atoms with E-state index in [1.165, 1.54) is 32.1 Å². The molecule has 0 aliphatic heterocycles. The maximum Gasteiger partial charge on any atom is 0.362 e. The van der Waals surface area contributed by atoms with Crippen molar-refractivity contribution in [3.05, 3.63) is 60.8 Å². The molecule has 0 aromatic heterocycles. The third-order valence-electron chi connectivity index (χ3n) is 8.43. The Morgan fingerprint density at radius 3 is 1.63 bits per heavy atom. The van der Waals surface area contributed by atoms with Gasteiger partial charge in [0.25, 0.3) is 0 Å². The minimum absolute atomic E-state index is 0.0460. The van der Waals surface area contributed by atoms with Gasteiger partial charge in [0.05, 0.1) is 34.4 Å². The highest BCUT2D eigenvalue weighted by molar-refractivity contribution is 5.72. The first-order valence-electron chi connectivity index (χ1n) is 19.8. The fourth-order valence-corrected chi connectivity index (χ4v) is 5.35. The van der Waals surface area contributed by atoms with Gasteiger partial charge < -0.3 is 23.8 Å². The minimum atomic E-state index is -0.884. The molecule has 0 aliphatic carbocycles. The molecule has 1 N–H and O–H groups in total. The molecular weight excluding hydrogens is 642 g/mol. The summed E-state index contributed by atoms with van der Waals surface area (Å²) >= 11 is 0. The molecule has 0 spiro atoms. The number of ether oxygens (including phenoxy) is 3. The summed E-state index contributed by atoms with van der Waals surface area (Å²) in [7, 11) is 5.50. The van der Waals surface area contributed by atoms with Crippen LogP contribution in [0.15, 0.2) is 60.8 Å². The van der Waals surface area contributed by atoms with E-state index >= 15 is 0 Å². The van der Waals surface area contributed by atoms with Crippen LogP contribution in [0.5, 0.6) is 0 Å². The number of allylic oxidation sites excluding steroid dienone is 10. The maximum atomic E-state index is 12.6. The molecule has 8 nitrogen and oxygen atoms in total. The zero-order chi connectivity index (χ0) is 37.8.